The van der Waals surface area contributed by atoms with E-state index in [1.807, 2.05) is 18.5 Å². The van der Waals surface area contributed by atoms with Gasteiger partial charge >= 0.3 is 0 Å². The number of hydrogen-bond acceptors (Lipinski definition) is 5. The van der Waals surface area contributed by atoms with Crippen molar-refractivity contribution in [3.63, 3.8) is 0 Å². The van der Waals surface area contributed by atoms with Gasteiger partial charge in [-0.1, -0.05) is 18.5 Å². The van der Waals surface area contributed by atoms with E-state index in [0.29, 0.717) is 10.8 Å². The van der Waals surface area contributed by atoms with Crippen LogP contribution in [0.25, 0.3) is 0 Å². The van der Waals surface area contributed by atoms with Gasteiger partial charge in [-0.25, -0.2) is 14.6 Å². The highest BCUT2D eigenvalue weighted by molar-refractivity contribution is 6.30. The van der Waals surface area contributed by atoms with Crippen molar-refractivity contribution in [2.75, 3.05) is 5.32 Å². The Morgan fingerprint density at radius 3 is 3.04 bits per heavy atom. The Morgan fingerprint density at radius 1 is 1.50 bits per heavy atom. The Kier molecular flexibility index (Phi) is 5.11. The van der Waals surface area contributed by atoms with Gasteiger partial charge in [0.1, 0.15) is 11.6 Å². The number of hydrogen-bond donors (Lipinski definition) is 2. The van der Waals surface area contributed by atoms with E-state index >= 15 is 0 Å². The van der Waals surface area contributed by atoms with Gasteiger partial charge in [-0.05, 0) is 25.5 Å². The number of rotatable bonds is 5. The van der Waals surface area contributed by atoms with Crippen LogP contribution in [0.4, 0.5) is 5.82 Å². The topological polar surface area (TPSA) is 84.7 Å². The van der Waals surface area contributed by atoms with Crippen LogP contribution in [0.3, 0.4) is 0 Å². The van der Waals surface area contributed by atoms with Crippen molar-refractivity contribution >= 4 is 23.3 Å². The van der Waals surface area contributed by atoms with Gasteiger partial charge in [0.2, 0.25) is 5.91 Å². The van der Waals surface area contributed by atoms with Crippen LogP contribution < -0.4 is 10.6 Å². The molecule has 0 radical (unpaired) electrons. The average molecular weight is 349 g/mol. The summed E-state index contributed by atoms with van der Waals surface area (Å²) in [5.41, 5.74) is 0. The number of aryl methyl sites for hydroxylation is 2. The summed E-state index contributed by atoms with van der Waals surface area (Å²) in [7, 11) is 0. The van der Waals surface area contributed by atoms with Crippen molar-refractivity contribution in [2.24, 2.45) is 0 Å². The lowest BCUT2D eigenvalue weighted by atomic mass is 10.1. The Labute approximate surface area is 145 Å². The van der Waals surface area contributed by atoms with Crippen molar-refractivity contribution in [3.8, 4) is 0 Å². The van der Waals surface area contributed by atoms with E-state index in [9.17, 15) is 4.79 Å². The molecule has 1 aliphatic heterocycles. The molecule has 2 N–H and O–H groups in total. The van der Waals surface area contributed by atoms with Gasteiger partial charge in [0, 0.05) is 25.1 Å². The molecule has 1 amide bonds. The highest BCUT2D eigenvalue weighted by Gasteiger charge is 2.24. The van der Waals surface area contributed by atoms with Crippen LogP contribution in [0.2, 0.25) is 5.02 Å². The molecule has 128 valence electrons. The molecule has 2 aromatic rings. The molecule has 0 fully saturated rings. The van der Waals surface area contributed by atoms with Crippen molar-refractivity contribution < 1.29 is 4.79 Å². The van der Waals surface area contributed by atoms with Crippen LogP contribution in [0.5, 0.6) is 0 Å². The van der Waals surface area contributed by atoms with E-state index in [0.717, 1.165) is 37.5 Å². The lowest BCUT2D eigenvalue weighted by Gasteiger charge is -2.26. The fourth-order valence-corrected chi connectivity index (χ4v) is 2.87. The Hall–Kier alpha value is -1.99. The van der Waals surface area contributed by atoms with Gasteiger partial charge in [-0.2, -0.15) is 5.10 Å². The molecule has 2 atom stereocenters. The third kappa shape index (κ3) is 3.91. The minimum absolute atomic E-state index is 0.122. The molecule has 8 heteroatoms. The van der Waals surface area contributed by atoms with Gasteiger partial charge in [0.25, 0.3) is 0 Å². The zero-order chi connectivity index (χ0) is 17.1. The fourth-order valence-electron chi connectivity index (χ4n) is 2.76. The smallest absolute Gasteiger partial charge is 0.242 e. The molecule has 2 aromatic heterocycles. The Bertz CT molecular complexity index is 714. The van der Waals surface area contributed by atoms with Crippen molar-refractivity contribution in [1.82, 2.24) is 25.1 Å². The molecule has 0 aliphatic carbocycles. The molecule has 1 aliphatic rings. The summed E-state index contributed by atoms with van der Waals surface area (Å²) in [5, 5.41) is 11.2. The summed E-state index contributed by atoms with van der Waals surface area (Å²) in [4.78, 5) is 20.9. The molecule has 0 saturated carbocycles. The van der Waals surface area contributed by atoms with Crippen LogP contribution in [0, 0.1) is 0 Å². The summed E-state index contributed by atoms with van der Waals surface area (Å²) in [6.07, 6.45) is 4.16. The molecule has 0 aromatic carbocycles. The zero-order valence-electron chi connectivity index (χ0n) is 13.8. The van der Waals surface area contributed by atoms with Crippen molar-refractivity contribution in [2.45, 2.75) is 51.7 Å². The molecule has 0 saturated heterocycles. The zero-order valence-corrected chi connectivity index (χ0v) is 14.5. The number of nitrogens with zero attached hydrogens (tertiary/aromatic N) is 4. The second kappa shape index (κ2) is 7.27. The lowest BCUT2D eigenvalue weighted by Crippen LogP contribution is -2.47. The second-order valence-corrected chi connectivity index (χ2v) is 6.39. The lowest BCUT2D eigenvalue weighted by molar-refractivity contribution is -0.118. The van der Waals surface area contributed by atoms with Gasteiger partial charge in [-0.15, -0.1) is 0 Å². The fraction of sp³-hybridized carbons (Fsp3) is 0.500. The number of halogens is 1. The number of fused-ring (bicyclic) bond motifs is 1. The number of aromatic nitrogens is 4. The van der Waals surface area contributed by atoms with Crippen LogP contribution in [-0.4, -0.2) is 37.7 Å². The van der Waals surface area contributed by atoms with E-state index in [1.54, 1.807) is 12.1 Å². The third-order valence-electron chi connectivity index (χ3n) is 4.08. The van der Waals surface area contributed by atoms with Crippen LogP contribution in [-0.2, 0) is 24.2 Å². The molecule has 3 rings (SSSR count). The Morgan fingerprint density at radius 2 is 2.33 bits per heavy atom. The highest BCUT2D eigenvalue weighted by Crippen LogP contribution is 2.14. The SMILES string of the molecule is CCc1nc2n(n1)C[C@@H](N[C@@H](C)C(=O)Nc1ccc(Cl)cn1)CC2. The standard InChI is InChI=1S/C16H21ClN6O/c1-3-13-20-15-7-5-12(9-23(15)22-13)19-10(2)16(24)21-14-6-4-11(17)8-18-14/h4,6,8,10,12,19H,3,5,7,9H2,1-2H3,(H,18,21,24)/t10-,12-/m0/s1. The normalized spacial score (nSPS) is 18.0. The van der Waals surface area contributed by atoms with E-state index < -0.39 is 0 Å². The molecule has 3 heterocycles. The molecular formula is C16H21ClN6O. The average Bonchev–Trinajstić information content (AvgIpc) is 2.99. The number of amides is 1. The minimum atomic E-state index is -0.330. The van der Waals surface area contributed by atoms with Crippen LogP contribution in [0.1, 0.15) is 31.9 Å². The number of pyridine rings is 1. The first-order valence-corrected chi connectivity index (χ1v) is 8.54. The summed E-state index contributed by atoms with van der Waals surface area (Å²) >= 11 is 5.79. The first-order chi connectivity index (χ1) is 11.5. The number of nitrogens with one attached hydrogen (secondary N) is 2. The molecular weight excluding hydrogens is 328 g/mol. The van der Waals surface area contributed by atoms with Crippen molar-refractivity contribution in [1.29, 1.82) is 0 Å². The van der Waals surface area contributed by atoms with Crippen molar-refractivity contribution in [3.05, 3.63) is 35.0 Å². The minimum Gasteiger partial charge on any atom is -0.309 e. The highest BCUT2D eigenvalue weighted by atomic mass is 35.5. The third-order valence-corrected chi connectivity index (χ3v) is 4.30. The largest absolute Gasteiger partial charge is 0.309 e. The number of carbonyl (C=O) groups is 1. The first-order valence-electron chi connectivity index (χ1n) is 8.16. The van der Waals surface area contributed by atoms with Gasteiger partial charge in [0.15, 0.2) is 5.82 Å². The maximum Gasteiger partial charge on any atom is 0.242 e. The number of anilines is 1. The van der Waals surface area contributed by atoms with E-state index in [4.69, 9.17) is 11.6 Å². The monoisotopic (exact) mass is 348 g/mol. The molecule has 0 unspecified atom stereocenters. The molecule has 0 bridgehead atoms. The van der Waals surface area contributed by atoms with Crippen LogP contribution in [0.15, 0.2) is 18.3 Å². The van der Waals surface area contributed by atoms with Gasteiger partial charge in [-0.3, -0.25) is 4.79 Å². The number of carbonyl (C=O) groups excluding carboxylic acids is 1. The van der Waals surface area contributed by atoms with Gasteiger partial charge in [0.05, 0.1) is 17.6 Å². The predicted molar refractivity (Wildman–Crippen MR) is 92.0 cm³/mol. The summed E-state index contributed by atoms with van der Waals surface area (Å²) in [6.45, 7) is 4.63. The summed E-state index contributed by atoms with van der Waals surface area (Å²) < 4.78 is 1.95. The van der Waals surface area contributed by atoms with Crippen LogP contribution >= 0.6 is 11.6 Å². The summed E-state index contributed by atoms with van der Waals surface area (Å²) in [5.74, 6) is 2.29. The first kappa shape index (κ1) is 16.9. The molecule has 24 heavy (non-hydrogen) atoms. The second-order valence-electron chi connectivity index (χ2n) is 5.95. The van der Waals surface area contributed by atoms with Gasteiger partial charge < -0.3 is 10.6 Å². The molecule has 7 nitrogen and oxygen atoms in total. The predicted octanol–water partition coefficient (Wildman–Crippen LogP) is 1.82. The van der Waals surface area contributed by atoms with E-state index in [1.165, 1.54) is 6.20 Å². The van der Waals surface area contributed by atoms with E-state index in [2.05, 4.69) is 25.7 Å². The molecule has 0 spiro atoms. The Balaban J connectivity index is 1.55. The quantitative estimate of drug-likeness (QED) is 0.861. The summed E-state index contributed by atoms with van der Waals surface area (Å²) in [6, 6.07) is 3.24. The maximum absolute atomic E-state index is 12.3. The van der Waals surface area contributed by atoms with E-state index in [-0.39, 0.29) is 18.0 Å². The maximum atomic E-state index is 12.3.